The minimum Gasteiger partial charge on any atom is -0.389 e. The van der Waals surface area contributed by atoms with Gasteiger partial charge in [0.2, 0.25) is 10.0 Å². The van der Waals surface area contributed by atoms with Crippen molar-refractivity contribution < 1.29 is 8.42 Å². The van der Waals surface area contributed by atoms with Gasteiger partial charge in [0.15, 0.2) is 0 Å². The molecule has 6 heteroatoms. The summed E-state index contributed by atoms with van der Waals surface area (Å²) in [6.07, 6.45) is 5.87. The zero-order chi connectivity index (χ0) is 15.5. The summed E-state index contributed by atoms with van der Waals surface area (Å²) in [5.74, 6) is 0.451. The van der Waals surface area contributed by atoms with Gasteiger partial charge >= 0.3 is 0 Å². The summed E-state index contributed by atoms with van der Waals surface area (Å²) in [4.78, 5) is 0.474. The summed E-state index contributed by atoms with van der Waals surface area (Å²) >= 11 is 4.92. The lowest BCUT2D eigenvalue weighted by Crippen LogP contribution is -2.31. The van der Waals surface area contributed by atoms with Gasteiger partial charge in [0, 0.05) is 12.1 Å². The number of thiocarbonyl (C=S) groups is 1. The van der Waals surface area contributed by atoms with Crippen LogP contribution in [0.3, 0.4) is 0 Å². The van der Waals surface area contributed by atoms with Crippen molar-refractivity contribution in [3.05, 3.63) is 29.3 Å². The van der Waals surface area contributed by atoms with Crippen LogP contribution in [0.5, 0.6) is 0 Å². The second kappa shape index (κ2) is 6.85. The highest BCUT2D eigenvalue weighted by Gasteiger charge is 2.21. The maximum atomic E-state index is 12.5. The van der Waals surface area contributed by atoms with Gasteiger partial charge in [0.05, 0.1) is 4.90 Å². The third-order valence-electron chi connectivity index (χ3n) is 4.05. The van der Waals surface area contributed by atoms with Crippen molar-refractivity contribution in [3.8, 4) is 0 Å². The van der Waals surface area contributed by atoms with Crippen LogP contribution in [0.2, 0.25) is 0 Å². The Bertz CT molecular complexity index is 621. The van der Waals surface area contributed by atoms with Gasteiger partial charge in [-0.3, -0.25) is 0 Å². The number of hydrogen-bond donors (Lipinski definition) is 2. The molecule has 0 unspecified atom stereocenters. The third-order valence-corrected chi connectivity index (χ3v) is 5.85. The molecule has 0 bridgehead atoms. The highest BCUT2D eigenvalue weighted by atomic mass is 32.2. The van der Waals surface area contributed by atoms with Crippen LogP contribution in [-0.4, -0.2) is 20.0 Å². The van der Waals surface area contributed by atoms with Gasteiger partial charge in [0.25, 0.3) is 0 Å². The number of benzene rings is 1. The van der Waals surface area contributed by atoms with E-state index in [1.807, 2.05) is 0 Å². The molecule has 0 saturated heterocycles. The van der Waals surface area contributed by atoms with E-state index in [0.717, 1.165) is 12.8 Å². The SMILES string of the molecule is Cc1ccc(C(N)=S)cc1S(=O)(=O)NCC1CCCCC1. The number of nitrogens with one attached hydrogen (secondary N) is 1. The Balaban J connectivity index is 2.14. The van der Waals surface area contributed by atoms with Crippen LogP contribution in [0.25, 0.3) is 0 Å². The second-order valence-electron chi connectivity index (χ2n) is 5.70. The van der Waals surface area contributed by atoms with Crippen molar-refractivity contribution in [1.82, 2.24) is 4.72 Å². The molecule has 116 valence electrons. The summed E-state index contributed by atoms with van der Waals surface area (Å²) in [7, 11) is -3.51. The fourth-order valence-corrected chi connectivity index (χ4v) is 4.25. The molecule has 2 rings (SSSR count). The predicted octanol–water partition coefficient (Wildman–Crippen LogP) is 2.49. The lowest BCUT2D eigenvalue weighted by molar-refractivity contribution is 0.357. The quantitative estimate of drug-likeness (QED) is 0.816. The zero-order valence-electron chi connectivity index (χ0n) is 12.3. The van der Waals surface area contributed by atoms with Gasteiger partial charge < -0.3 is 5.73 Å². The average molecular weight is 326 g/mol. The summed E-state index contributed by atoms with van der Waals surface area (Å²) in [5.41, 5.74) is 6.86. The molecule has 1 aromatic rings. The van der Waals surface area contributed by atoms with E-state index in [0.29, 0.717) is 23.6 Å². The van der Waals surface area contributed by atoms with E-state index in [4.69, 9.17) is 18.0 Å². The lowest BCUT2D eigenvalue weighted by Gasteiger charge is -2.22. The smallest absolute Gasteiger partial charge is 0.240 e. The first-order chi connectivity index (χ1) is 9.90. The number of sulfonamides is 1. The summed E-state index contributed by atoms with van der Waals surface area (Å²) < 4.78 is 27.7. The second-order valence-corrected chi connectivity index (χ2v) is 7.88. The molecule has 1 aliphatic rings. The van der Waals surface area contributed by atoms with Crippen LogP contribution in [0.4, 0.5) is 0 Å². The van der Waals surface area contributed by atoms with Gasteiger partial charge in [-0.25, -0.2) is 13.1 Å². The van der Waals surface area contributed by atoms with Crippen LogP contribution < -0.4 is 10.5 Å². The molecule has 1 aromatic carbocycles. The largest absolute Gasteiger partial charge is 0.389 e. The molecule has 21 heavy (non-hydrogen) atoms. The lowest BCUT2D eigenvalue weighted by atomic mass is 9.90. The van der Waals surface area contributed by atoms with Crippen molar-refractivity contribution in [3.63, 3.8) is 0 Å². The Morgan fingerprint density at radius 3 is 2.62 bits per heavy atom. The number of aryl methyl sites for hydroxylation is 1. The monoisotopic (exact) mass is 326 g/mol. The van der Waals surface area contributed by atoms with Crippen LogP contribution in [0, 0.1) is 12.8 Å². The van der Waals surface area contributed by atoms with E-state index in [2.05, 4.69) is 4.72 Å². The third kappa shape index (κ3) is 4.25. The van der Waals surface area contributed by atoms with Crippen molar-refractivity contribution in [2.24, 2.45) is 11.7 Å². The number of rotatable bonds is 5. The van der Waals surface area contributed by atoms with Crippen LogP contribution >= 0.6 is 12.2 Å². The topological polar surface area (TPSA) is 72.2 Å². The maximum absolute atomic E-state index is 12.5. The molecule has 0 spiro atoms. The molecule has 0 aliphatic heterocycles. The Kier molecular flexibility index (Phi) is 5.35. The van der Waals surface area contributed by atoms with E-state index in [9.17, 15) is 8.42 Å². The highest BCUT2D eigenvalue weighted by molar-refractivity contribution is 7.89. The molecule has 0 amide bonds. The summed E-state index contributed by atoms with van der Waals surface area (Å²) in [6.45, 7) is 2.29. The van der Waals surface area contributed by atoms with Crippen molar-refractivity contribution in [2.45, 2.75) is 43.9 Å². The number of hydrogen-bond acceptors (Lipinski definition) is 3. The minimum absolute atomic E-state index is 0.207. The standard InChI is InChI=1S/C15H22N2O2S2/c1-11-7-8-13(15(16)20)9-14(11)21(18,19)17-10-12-5-3-2-4-6-12/h7-9,12,17H,2-6,10H2,1H3,(H2,16,20). The van der Waals surface area contributed by atoms with Crippen molar-refractivity contribution in [1.29, 1.82) is 0 Å². The van der Waals surface area contributed by atoms with E-state index >= 15 is 0 Å². The zero-order valence-corrected chi connectivity index (χ0v) is 13.9. The molecule has 1 saturated carbocycles. The maximum Gasteiger partial charge on any atom is 0.240 e. The molecule has 0 aromatic heterocycles. The van der Waals surface area contributed by atoms with Gasteiger partial charge in [-0.2, -0.15) is 0 Å². The molecule has 4 nitrogen and oxygen atoms in total. The number of nitrogens with two attached hydrogens (primary N) is 1. The van der Waals surface area contributed by atoms with E-state index in [1.165, 1.54) is 19.3 Å². The van der Waals surface area contributed by atoms with Crippen molar-refractivity contribution >= 4 is 27.2 Å². The van der Waals surface area contributed by atoms with Crippen LogP contribution in [-0.2, 0) is 10.0 Å². The fourth-order valence-electron chi connectivity index (χ4n) is 2.74. The van der Waals surface area contributed by atoms with Gasteiger partial charge in [-0.05, 0) is 37.3 Å². The summed E-state index contributed by atoms with van der Waals surface area (Å²) in [6, 6.07) is 5.04. The van der Waals surface area contributed by atoms with E-state index < -0.39 is 10.0 Å². The van der Waals surface area contributed by atoms with Gasteiger partial charge in [-0.15, -0.1) is 0 Å². The van der Waals surface area contributed by atoms with E-state index in [-0.39, 0.29) is 9.88 Å². The molecule has 0 radical (unpaired) electrons. The minimum atomic E-state index is -3.51. The summed E-state index contributed by atoms with van der Waals surface area (Å²) in [5, 5.41) is 0. The fraction of sp³-hybridized carbons (Fsp3) is 0.533. The average Bonchev–Trinajstić information content (AvgIpc) is 2.46. The Morgan fingerprint density at radius 1 is 1.33 bits per heavy atom. The molecule has 1 aliphatic carbocycles. The first-order valence-electron chi connectivity index (χ1n) is 7.30. The highest BCUT2D eigenvalue weighted by Crippen LogP contribution is 2.24. The molecule has 3 N–H and O–H groups in total. The van der Waals surface area contributed by atoms with Gasteiger partial charge in [0.1, 0.15) is 4.99 Å². The Hall–Kier alpha value is -0.980. The molecular weight excluding hydrogens is 304 g/mol. The van der Waals surface area contributed by atoms with Crippen molar-refractivity contribution in [2.75, 3.05) is 6.54 Å². The molecule has 1 fully saturated rings. The molecule has 0 heterocycles. The van der Waals surface area contributed by atoms with Crippen LogP contribution in [0.1, 0.15) is 43.2 Å². The predicted molar refractivity (Wildman–Crippen MR) is 88.8 cm³/mol. The first kappa shape index (κ1) is 16.4. The Labute approximate surface area is 132 Å². The molecule has 0 atom stereocenters. The van der Waals surface area contributed by atoms with Gasteiger partial charge in [-0.1, -0.05) is 43.6 Å². The molecular formula is C15H22N2O2S2. The normalized spacial score (nSPS) is 16.8. The first-order valence-corrected chi connectivity index (χ1v) is 9.19. The van der Waals surface area contributed by atoms with Crippen LogP contribution in [0.15, 0.2) is 23.1 Å². The Morgan fingerprint density at radius 2 is 2.00 bits per heavy atom. The van der Waals surface area contributed by atoms with E-state index in [1.54, 1.807) is 25.1 Å².